The Morgan fingerprint density at radius 2 is 1.91 bits per heavy atom. The molecule has 0 atom stereocenters. The molecule has 1 aliphatic rings. The first kappa shape index (κ1) is 17.3. The van der Waals surface area contributed by atoms with Gasteiger partial charge in [-0.1, -0.05) is 12.1 Å². The van der Waals surface area contributed by atoms with Crippen LogP contribution in [0.1, 0.15) is 23.2 Å². The van der Waals surface area contributed by atoms with Gasteiger partial charge in [0.05, 0.1) is 12.1 Å². The van der Waals surface area contributed by atoms with Crippen LogP contribution >= 0.6 is 0 Å². The topological polar surface area (TPSA) is 61.9 Å². The Morgan fingerprint density at radius 3 is 2.61 bits per heavy atom. The van der Waals surface area contributed by atoms with Gasteiger partial charge in [-0.15, -0.1) is 0 Å². The molecule has 1 fully saturated rings. The van der Waals surface area contributed by atoms with Crippen molar-refractivity contribution < 1.29 is 14.3 Å². The number of nitrogens with one attached hydrogen (secondary N) is 1. The fourth-order valence-electron chi connectivity index (χ4n) is 2.45. The van der Waals surface area contributed by atoms with Crippen molar-refractivity contribution in [2.24, 2.45) is 0 Å². The van der Waals surface area contributed by atoms with Crippen molar-refractivity contribution >= 4 is 11.8 Å². The average molecular weight is 319 g/mol. The van der Waals surface area contributed by atoms with E-state index >= 15 is 0 Å². The Kier molecular flexibility index (Phi) is 6.40. The summed E-state index contributed by atoms with van der Waals surface area (Å²) < 4.78 is 5.68. The largest absolute Gasteiger partial charge is 0.491 e. The van der Waals surface area contributed by atoms with Gasteiger partial charge in [-0.25, -0.2) is 0 Å². The van der Waals surface area contributed by atoms with E-state index in [2.05, 4.69) is 5.32 Å². The second-order valence-electron chi connectivity index (χ2n) is 5.92. The molecule has 6 heteroatoms. The van der Waals surface area contributed by atoms with Crippen LogP contribution in [-0.2, 0) is 4.79 Å². The van der Waals surface area contributed by atoms with Gasteiger partial charge in [-0.2, -0.15) is 0 Å². The van der Waals surface area contributed by atoms with E-state index in [9.17, 15) is 9.59 Å². The van der Waals surface area contributed by atoms with Crippen molar-refractivity contribution in [2.75, 3.05) is 46.9 Å². The summed E-state index contributed by atoms with van der Waals surface area (Å²) >= 11 is 0. The summed E-state index contributed by atoms with van der Waals surface area (Å²) in [6, 6.07) is 7.10. The van der Waals surface area contributed by atoms with Gasteiger partial charge in [0, 0.05) is 19.6 Å². The summed E-state index contributed by atoms with van der Waals surface area (Å²) in [5.41, 5.74) is 0.459. The molecule has 1 aromatic rings. The fraction of sp³-hybridized carbons (Fsp3) is 0.529. The van der Waals surface area contributed by atoms with Crippen LogP contribution in [0.2, 0.25) is 0 Å². The van der Waals surface area contributed by atoms with Gasteiger partial charge in [0.2, 0.25) is 5.91 Å². The molecule has 0 aliphatic carbocycles. The minimum absolute atomic E-state index is 0.0261. The maximum atomic E-state index is 12.3. The molecule has 6 nitrogen and oxygen atoms in total. The first-order valence-corrected chi connectivity index (χ1v) is 8.00. The second-order valence-corrected chi connectivity index (χ2v) is 5.92. The lowest BCUT2D eigenvalue weighted by molar-refractivity contribution is -0.129. The highest BCUT2D eigenvalue weighted by atomic mass is 16.5. The normalized spacial score (nSPS) is 14.1. The van der Waals surface area contributed by atoms with E-state index in [1.165, 1.54) is 0 Å². The van der Waals surface area contributed by atoms with Crippen molar-refractivity contribution in [3.05, 3.63) is 29.8 Å². The Morgan fingerprint density at radius 1 is 1.22 bits per heavy atom. The molecule has 2 rings (SSSR count). The SMILES string of the molecule is CN(C)CCOc1ccccc1C(=O)NCC(=O)N1CCCC1. The van der Waals surface area contributed by atoms with Crippen LogP contribution in [0.15, 0.2) is 24.3 Å². The summed E-state index contributed by atoms with van der Waals surface area (Å²) in [7, 11) is 3.93. The molecular weight excluding hydrogens is 294 g/mol. The Balaban J connectivity index is 1.89. The van der Waals surface area contributed by atoms with Crippen molar-refractivity contribution in [3.8, 4) is 5.75 Å². The van der Waals surface area contributed by atoms with Crippen molar-refractivity contribution in [3.63, 3.8) is 0 Å². The number of amides is 2. The van der Waals surface area contributed by atoms with Gasteiger partial charge < -0.3 is 19.9 Å². The molecule has 0 aromatic heterocycles. The van der Waals surface area contributed by atoms with Gasteiger partial charge in [0.15, 0.2) is 0 Å². The molecule has 0 bridgehead atoms. The summed E-state index contributed by atoms with van der Waals surface area (Å²) in [5, 5.41) is 2.69. The molecule has 1 aromatic carbocycles. The first-order chi connectivity index (χ1) is 11.1. The van der Waals surface area contributed by atoms with E-state index in [0.717, 1.165) is 32.5 Å². The maximum absolute atomic E-state index is 12.3. The van der Waals surface area contributed by atoms with Gasteiger partial charge in [-0.05, 0) is 39.1 Å². The summed E-state index contributed by atoms with van der Waals surface area (Å²) in [4.78, 5) is 28.1. The minimum Gasteiger partial charge on any atom is -0.491 e. The molecule has 0 radical (unpaired) electrons. The average Bonchev–Trinajstić information content (AvgIpc) is 3.07. The third-order valence-corrected chi connectivity index (χ3v) is 3.79. The van der Waals surface area contributed by atoms with Crippen molar-refractivity contribution in [1.29, 1.82) is 0 Å². The van der Waals surface area contributed by atoms with Crippen molar-refractivity contribution in [2.45, 2.75) is 12.8 Å². The zero-order valence-corrected chi connectivity index (χ0v) is 13.9. The number of likely N-dealkylation sites (N-methyl/N-ethyl adjacent to an activating group) is 1. The third-order valence-electron chi connectivity index (χ3n) is 3.79. The van der Waals surface area contributed by atoms with Crippen LogP contribution in [0.5, 0.6) is 5.75 Å². The van der Waals surface area contributed by atoms with Gasteiger partial charge in [-0.3, -0.25) is 9.59 Å². The fourth-order valence-corrected chi connectivity index (χ4v) is 2.45. The molecule has 0 unspecified atom stereocenters. The van der Waals surface area contributed by atoms with Crippen LogP contribution in [0.25, 0.3) is 0 Å². The van der Waals surface area contributed by atoms with E-state index in [1.807, 2.05) is 25.1 Å². The Hall–Kier alpha value is -2.08. The number of hydrogen-bond donors (Lipinski definition) is 1. The lowest BCUT2D eigenvalue weighted by Gasteiger charge is -2.16. The van der Waals surface area contributed by atoms with Crippen LogP contribution < -0.4 is 10.1 Å². The highest BCUT2D eigenvalue weighted by molar-refractivity contribution is 5.98. The maximum Gasteiger partial charge on any atom is 0.255 e. The summed E-state index contributed by atoms with van der Waals surface area (Å²) in [6.45, 7) is 2.89. The van der Waals surface area contributed by atoms with E-state index in [-0.39, 0.29) is 18.4 Å². The number of benzene rings is 1. The molecule has 23 heavy (non-hydrogen) atoms. The molecule has 0 saturated carbocycles. The molecule has 1 saturated heterocycles. The number of carbonyl (C=O) groups is 2. The number of rotatable bonds is 7. The molecule has 1 heterocycles. The quantitative estimate of drug-likeness (QED) is 0.814. The van der Waals surface area contributed by atoms with Crippen LogP contribution in [0.4, 0.5) is 0 Å². The standard InChI is InChI=1S/C17H25N3O3/c1-19(2)11-12-23-15-8-4-3-7-14(15)17(22)18-13-16(21)20-9-5-6-10-20/h3-4,7-8H,5-6,9-13H2,1-2H3,(H,18,22). The number of nitrogens with zero attached hydrogens (tertiary/aromatic N) is 2. The molecule has 0 spiro atoms. The van der Waals surface area contributed by atoms with Crippen LogP contribution in [0.3, 0.4) is 0 Å². The number of hydrogen-bond acceptors (Lipinski definition) is 4. The van der Waals surface area contributed by atoms with Gasteiger partial charge in [0.1, 0.15) is 12.4 Å². The van der Waals surface area contributed by atoms with E-state index in [0.29, 0.717) is 17.9 Å². The number of para-hydroxylation sites is 1. The van der Waals surface area contributed by atoms with E-state index < -0.39 is 0 Å². The molecule has 1 N–H and O–H groups in total. The molecule has 126 valence electrons. The zero-order valence-electron chi connectivity index (χ0n) is 13.9. The molecule has 1 aliphatic heterocycles. The van der Waals surface area contributed by atoms with Crippen LogP contribution in [0, 0.1) is 0 Å². The second kappa shape index (κ2) is 8.53. The smallest absolute Gasteiger partial charge is 0.255 e. The lowest BCUT2D eigenvalue weighted by atomic mass is 10.2. The van der Waals surface area contributed by atoms with E-state index in [1.54, 1.807) is 23.1 Å². The number of ether oxygens (including phenoxy) is 1. The van der Waals surface area contributed by atoms with Gasteiger partial charge in [0.25, 0.3) is 5.91 Å². The summed E-state index contributed by atoms with van der Waals surface area (Å²) in [5.74, 6) is 0.236. The van der Waals surface area contributed by atoms with Crippen molar-refractivity contribution in [1.82, 2.24) is 15.1 Å². The highest BCUT2D eigenvalue weighted by Crippen LogP contribution is 2.17. The Labute approximate surface area is 137 Å². The molecule has 2 amide bonds. The van der Waals surface area contributed by atoms with E-state index in [4.69, 9.17) is 4.74 Å². The zero-order chi connectivity index (χ0) is 16.7. The lowest BCUT2D eigenvalue weighted by Crippen LogP contribution is -2.38. The first-order valence-electron chi connectivity index (χ1n) is 8.00. The Bertz CT molecular complexity index is 540. The number of carbonyl (C=O) groups excluding carboxylic acids is 2. The minimum atomic E-state index is -0.280. The van der Waals surface area contributed by atoms with Gasteiger partial charge >= 0.3 is 0 Å². The predicted molar refractivity (Wildman–Crippen MR) is 88.6 cm³/mol. The number of likely N-dealkylation sites (tertiary alicyclic amines) is 1. The molecular formula is C17H25N3O3. The van der Waals surface area contributed by atoms with Crippen LogP contribution in [-0.4, -0.2) is 68.5 Å². The highest BCUT2D eigenvalue weighted by Gasteiger charge is 2.19. The third kappa shape index (κ3) is 5.25. The predicted octanol–water partition coefficient (Wildman–Crippen LogP) is 0.979. The monoisotopic (exact) mass is 319 g/mol. The summed E-state index contributed by atoms with van der Waals surface area (Å²) in [6.07, 6.45) is 2.09.